The number of nitrogens with zero attached hydrogens (tertiary/aromatic N) is 1. The summed E-state index contributed by atoms with van der Waals surface area (Å²) in [5.41, 5.74) is 1.25. The molecule has 0 amide bonds. The smallest absolute Gasteiger partial charge is 0.131 e. The molecule has 16 heavy (non-hydrogen) atoms. The fraction of sp³-hybridized carbons (Fsp3) is 0.462. The molecule has 0 spiro atoms. The first-order valence-electron chi connectivity index (χ1n) is 5.78. The zero-order valence-electron chi connectivity index (χ0n) is 9.65. The van der Waals surface area contributed by atoms with E-state index >= 15 is 0 Å². The molecule has 0 saturated carbocycles. The minimum absolute atomic E-state index is 0.257. The van der Waals surface area contributed by atoms with Gasteiger partial charge < -0.3 is 10.2 Å². The molecule has 86 valence electrons. The van der Waals surface area contributed by atoms with Crippen LogP contribution in [0, 0.1) is 0 Å². The number of piperazine rings is 1. The fourth-order valence-corrected chi connectivity index (χ4v) is 2.18. The van der Waals surface area contributed by atoms with Crippen LogP contribution in [-0.2, 0) is 4.79 Å². The third-order valence-corrected chi connectivity index (χ3v) is 2.91. The van der Waals surface area contributed by atoms with E-state index in [2.05, 4.69) is 34.5 Å². The molecule has 2 rings (SSSR count). The highest BCUT2D eigenvalue weighted by Crippen LogP contribution is 2.15. The second-order valence-corrected chi connectivity index (χ2v) is 4.34. The first-order chi connectivity index (χ1) is 7.75. The Bertz CT molecular complexity index is 350. The third-order valence-electron chi connectivity index (χ3n) is 2.91. The van der Waals surface area contributed by atoms with E-state index in [1.165, 1.54) is 5.69 Å². The highest BCUT2D eigenvalue weighted by Gasteiger charge is 2.20. The van der Waals surface area contributed by atoms with Crippen molar-refractivity contribution in [3.05, 3.63) is 30.3 Å². The molecule has 0 aromatic heterocycles. The predicted octanol–water partition coefficient (Wildman–Crippen LogP) is 1.44. The van der Waals surface area contributed by atoms with E-state index < -0.39 is 0 Å². The summed E-state index contributed by atoms with van der Waals surface area (Å²) in [6.07, 6.45) is 0.628. The van der Waals surface area contributed by atoms with Gasteiger partial charge in [-0.1, -0.05) is 18.2 Å². The van der Waals surface area contributed by atoms with E-state index in [-0.39, 0.29) is 5.78 Å². The maximum Gasteiger partial charge on any atom is 0.131 e. The summed E-state index contributed by atoms with van der Waals surface area (Å²) in [7, 11) is 0. The number of nitrogens with one attached hydrogen (secondary N) is 1. The number of benzene rings is 1. The van der Waals surface area contributed by atoms with Crippen LogP contribution in [0.5, 0.6) is 0 Å². The van der Waals surface area contributed by atoms with Crippen LogP contribution in [0.4, 0.5) is 5.69 Å². The van der Waals surface area contributed by atoms with Gasteiger partial charge in [-0.15, -0.1) is 0 Å². The SMILES string of the molecule is CC(=O)CC1CN(c2ccccc2)CCN1. The molecule has 0 radical (unpaired) electrons. The molecule has 1 aromatic rings. The number of carbonyl (C=O) groups excluding carboxylic acids is 1. The van der Waals surface area contributed by atoms with Gasteiger partial charge in [0, 0.05) is 37.8 Å². The summed E-state index contributed by atoms with van der Waals surface area (Å²) in [5, 5.41) is 3.39. The van der Waals surface area contributed by atoms with Crippen LogP contribution in [0.2, 0.25) is 0 Å². The zero-order valence-corrected chi connectivity index (χ0v) is 9.65. The van der Waals surface area contributed by atoms with Crippen LogP contribution >= 0.6 is 0 Å². The van der Waals surface area contributed by atoms with Gasteiger partial charge in [0.15, 0.2) is 0 Å². The van der Waals surface area contributed by atoms with Gasteiger partial charge in [0.05, 0.1) is 0 Å². The minimum atomic E-state index is 0.257. The van der Waals surface area contributed by atoms with E-state index in [0.29, 0.717) is 12.5 Å². The number of para-hydroxylation sites is 1. The topological polar surface area (TPSA) is 32.3 Å². The van der Waals surface area contributed by atoms with Gasteiger partial charge in [-0.05, 0) is 19.1 Å². The first kappa shape index (κ1) is 11.1. The van der Waals surface area contributed by atoms with Crippen LogP contribution < -0.4 is 10.2 Å². The second-order valence-electron chi connectivity index (χ2n) is 4.34. The highest BCUT2D eigenvalue weighted by atomic mass is 16.1. The van der Waals surface area contributed by atoms with E-state index in [1.807, 2.05) is 6.07 Å². The Morgan fingerprint density at radius 1 is 1.44 bits per heavy atom. The maximum absolute atomic E-state index is 11.1. The Kier molecular flexibility index (Phi) is 3.57. The quantitative estimate of drug-likeness (QED) is 0.833. The molecule has 1 unspecified atom stereocenters. The van der Waals surface area contributed by atoms with Crippen molar-refractivity contribution < 1.29 is 4.79 Å². The summed E-state index contributed by atoms with van der Waals surface area (Å²) >= 11 is 0. The van der Waals surface area contributed by atoms with Crippen molar-refractivity contribution in [2.45, 2.75) is 19.4 Å². The molecule has 3 heteroatoms. The van der Waals surface area contributed by atoms with Crippen LogP contribution in [-0.4, -0.2) is 31.5 Å². The summed E-state index contributed by atoms with van der Waals surface area (Å²) in [6.45, 7) is 4.54. The summed E-state index contributed by atoms with van der Waals surface area (Å²) < 4.78 is 0. The molecule has 0 bridgehead atoms. The zero-order chi connectivity index (χ0) is 11.4. The fourth-order valence-electron chi connectivity index (χ4n) is 2.18. The minimum Gasteiger partial charge on any atom is -0.369 e. The average molecular weight is 218 g/mol. The van der Waals surface area contributed by atoms with E-state index in [9.17, 15) is 4.79 Å². The molecule has 1 aromatic carbocycles. The molecule has 1 saturated heterocycles. The summed E-state index contributed by atoms with van der Waals surface area (Å²) in [4.78, 5) is 13.4. The van der Waals surface area contributed by atoms with Crippen molar-refractivity contribution in [2.75, 3.05) is 24.5 Å². The normalized spacial score (nSPS) is 20.8. The van der Waals surface area contributed by atoms with Gasteiger partial charge in [-0.3, -0.25) is 4.79 Å². The molecule has 3 nitrogen and oxygen atoms in total. The third kappa shape index (κ3) is 2.83. The van der Waals surface area contributed by atoms with Crippen LogP contribution in [0.3, 0.4) is 0 Å². The number of anilines is 1. The molecule has 1 aliphatic heterocycles. The van der Waals surface area contributed by atoms with Gasteiger partial charge in [-0.25, -0.2) is 0 Å². The molecule has 1 atom stereocenters. The monoisotopic (exact) mass is 218 g/mol. The van der Waals surface area contributed by atoms with Gasteiger partial charge in [-0.2, -0.15) is 0 Å². The van der Waals surface area contributed by atoms with E-state index in [0.717, 1.165) is 19.6 Å². The number of hydrogen-bond acceptors (Lipinski definition) is 3. The second kappa shape index (κ2) is 5.12. The highest BCUT2D eigenvalue weighted by molar-refractivity contribution is 5.76. The van der Waals surface area contributed by atoms with Gasteiger partial charge >= 0.3 is 0 Å². The van der Waals surface area contributed by atoms with Crippen molar-refractivity contribution in [1.82, 2.24) is 5.32 Å². The standard InChI is InChI=1S/C13H18N2O/c1-11(16)9-12-10-15(8-7-14-12)13-5-3-2-4-6-13/h2-6,12,14H,7-10H2,1H3. The van der Waals surface area contributed by atoms with Crippen LogP contribution in [0.15, 0.2) is 30.3 Å². The Morgan fingerprint density at radius 2 is 2.19 bits per heavy atom. The maximum atomic E-state index is 11.1. The first-order valence-corrected chi connectivity index (χ1v) is 5.78. The lowest BCUT2D eigenvalue weighted by atomic mass is 10.1. The van der Waals surface area contributed by atoms with Crippen LogP contribution in [0.25, 0.3) is 0 Å². The van der Waals surface area contributed by atoms with Gasteiger partial charge in [0.2, 0.25) is 0 Å². The number of ketones is 1. The lowest BCUT2D eigenvalue weighted by molar-refractivity contribution is -0.117. The molecular formula is C13H18N2O. The largest absolute Gasteiger partial charge is 0.369 e. The molecule has 1 fully saturated rings. The van der Waals surface area contributed by atoms with E-state index in [1.54, 1.807) is 6.92 Å². The van der Waals surface area contributed by atoms with Crippen molar-refractivity contribution in [3.8, 4) is 0 Å². The Labute approximate surface area is 96.5 Å². The predicted molar refractivity (Wildman–Crippen MR) is 65.7 cm³/mol. The van der Waals surface area contributed by atoms with E-state index in [4.69, 9.17) is 0 Å². The summed E-state index contributed by atoms with van der Waals surface area (Å²) in [5.74, 6) is 0.257. The molecule has 1 aliphatic rings. The van der Waals surface area contributed by atoms with Crippen LogP contribution in [0.1, 0.15) is 13.3 Å². The Balaban J connectivity index is 1.99. The lowest BCUT2D eigenvalue weighted by Gasteiger charge is -2.35. The number of Topliss-reactive ketones (excluding diaryl/α,β-unsaturated/α-hetero) is 1. The van der Waals surface area contributed by atoms with Crippen molar-refractivity contribution in [3.63, 3.8) is 0 Å². The number of carbonyl (C=O) groups is 1. The Morgan fingerprint density at radius 3 is 2.88 bits per heavy atom. The summed E-state index contributed by atoms with van der Waals surface area (Å²) in [6, 6.07) is 10.7. The molecule has 1 heterocycles. The molecular weight excluding hydrogens is 200 g/mol. The Hall–Kier alpha value is -1.35. The average Bonchev–Trinajstić information content (AvgIpc) is 2.30. The van der Waals surface area contributed by atoms with Gasteiger partial charge in [0.1, 0.15) is 5.78 Å². The number of rotatable bonds is 3. The van der Waals surface area contributed by atoms with Gasteiger partial charge in [0.25, 0.3) is 0 Å². The lowest BCUT2D eigenvalue weighted by Crippen LogP contribution is -2.51. The molecule has 1 N–H and O–H groups in total. The van der Waals surface area contributed by atoms with Crippen molar-refractivity contribution in [2.24, 2.45) is 0 Å². The molecule has 0 aliphatic carbocycles. The van der Waals surface area contributed by atoms with Crippen molar-refractivity contribution in [1.29, 1.82) is 0 Å². The number of hydrogen-bond donors (Lipinski definition) is 1. The van der Waals surface area contributed by atoms with Crippen molar-refractivity contribution >= 4 is 11.5 Å².